The average molecular weight is 380 g/mol. The first kappa shape index (κ1) is 16.6. The van der Waals surface area contributed by atoms with Crippen LogP contribution < -0.4 is 5.32 Å². The molecular weight excluding hydrogens is 370 g/mol. The Morgan fingerprint density at radius 1 is 1.09 bits per heavy atom. The Bertz CT molecular complexity index is 794. The molecule has 1 N–H and O–H groups in total. The van der Waals surface area contributed by atoms with Crippen LogP contribution in [0.3, 0.4) is 0 Å². The molecule has 118 valence electrons. The number of nitro groups is 2. The third-order valence-corrected chi connectivity index (χ3v) is 3.67. The van der Waals surface area contributed by atoms with Gasteiger partial charge >= 0.3 is 0 Å². The molecule has 23 heavy (non-hydrogen) atoms. The molecule has 2 rings (SSSR count). The normalized spacial score (nSPS) is 10.1. The highest BCUT2D eigenvalue weighted by Crippen LogP contribution is 2.26. The second-order valence-electron chi connectivity index (χ2n) is 4.53. The monoisotopic (exact) mass is 379 g/mol. The molecule has 0 aliphatic rings. The van der Waals surface area contributed by atoms with E-state index < -0.39 is 27.1 Å². The van der Waals surface area contributed by atoms with Gasteiger partial charge in [-0.25, -0.2) is 0 Å². The minimum atomic E-state index is -0.742. The van der Waals surface area contributed by atoms with E-state index in [1.54, 1.807) is 24.3 Å². The van der Waals surface area contributed by atoms with Gasteiger partial charge in [-0.05, 0) is 34.1 Å². The molecule has 0 heterocycles. The summed E-state index contributed by atoms with van der Waals surface area (Å²) in [5.41, 5.74) is -0.222. The fourth-order valence-corrected chi connectivity index (χ4v) is 2.30. The summed E-state index contributed by atoms with van der Waals surface area (Å²) in [6, 6.07) is 10.1. The van der Waals surface area contributed by atoms with E-state index in [-0.39, 0.29) is 12.0 Å². The molecule has 0 saturated heterocycles. The largest absolute Gasteiger partial charge is 0.325 e. The summed E-state index contributed by atoms with van der Waals surface area (Å²) in [6.07, 6.45) is -0.268. The smallest absolute Gasteiger partial charge is 0.279 e. The number of non-ortho nitro benzene ring substituents is 1. The van der Waals surface area contributed by atoms with Gasteiger partial charge in [-0.2, -0.15) is 0 Å². The van der Waals surface area contributed by atoms with Crippen molar-refractivity contribution in [1.29, 1.82) is 0 Å². The van der Waals surface area contributed by atoms with Crippen LogP contribution in [-0.4, -0.2) is 15.8 Å². The number of benzene rings is 2. The maximum Gasteiger partial charge on any atom is 0.279 e. The second-order valence-corrected chi connectivity index (χ2v) is 5.39. The molecule has 2 aromatic carbocycles. The molecule has 0 unspecified atom stereocenters. The Morgan fingerprint density at radius 3 is 2.39 bits per heavy atom. The number of nitrogens with one attached hydrogen (secondary N) is 1. The molecule has 0 aliphatic heterocycles. The van der Waals surface area contributed by atoms with Crippen molar-refractivity contribution in [2.45, 2.75) is 6.42 Å². The quantitative estimate of drug-likeness (QED) is 0.630. The molecule has 0 atom stereocenters. The molecule has 2 aromatic rings. The molecule has 0 saturated carbocycles. The van der Waals surface area contributed by atoms with Crippen LogP contribution in [0.5, 0.6) is 0 Å². The van der Waals surface area contributed by atoms with Gasteiger partial charge < -0.3 is 5.32 Å². The molecule has 9 heteroatoms. The molecule has 0 bridgehead atoms. The number of carbonyl (C=O) groups excluding carboxylic acids is 1. The van der Waals surface area contributed by atoms with Gasteiger partial charge in [0.2, 0.25) is 5.91 Å². The van der Waals surface area contributed by atoms with E-state index in [9.17, 15) is 25.0 Å². The first-order chi connectivity index (χ1) is 10.9. The SMILES string of the molecule is O=C(Cc1ccc([N+](=O)[O-])cc1[N+](=O)[O-])Nc1ccccc1Br. The third-order valence-electron chi connectivity index (χ3n) is 2.98. The number of carbonyl (C=O) groups is 1. The summed E-state index contributed by atoms with van der Waals surface area (Å²) < 4.78 is 0.673. The Balaban J connectivity index is 2.22. The van der Waals surface area contributed by atoms with Gasteiger partial charge in [0.05, 0.1) is 28.0 Å². The minimum absolute atomic E-state index is 0.102. The van der Waals surface area contributed by atoms with Crippen LogP contribution in [0.25, 0.3) is 0 Å². The van der Waals surface area contributed by atoms with E-state index >= 15 is 0 Å². The molecule has 8 nitrogen and oxygen atoms in total. The van der Waals surface area contributed by atoms with Gasteiger partial charge in [-0.15, -0.1) is 0 Å². The van der Waals surface area contributed by atoms with Crippen molar-refractivity contribution in [1.82, 2.24) is 0 Å². The van der Waals surface area contributed by atoms with Crippen molar-refractivity contribution >= 4 is 38.9 Å². The highest BCUT2D eigenvalue weighted by Gasteiger charge is 2.21. The lowest BCUT2D eigenvalue weighted by molar-refractivity contribution is -0.394. The molecule has 0 fully saturated rings. The number of hydrogen-bond donors (Lipinski definition) is 1. The first-order valence-electron chi connectivity index (χ1n) is 6.34. The highest BCUT2D eigenvalue weighted by atomic mass is 79.9. The summed E-state index contributed by atoms with van der Waals surface area (Å²) in [5.74, 6) is -0.464. The Hall–Kier alpha value is -2.81. The van der Waals surface area contributed by atoms with Crippen molar-refractivity contribution in [2.24, 2.45) is 0 Å². The predicted octanol–water partition coefficient (Wildman–Crippen LogP) is 3.45. The van der Waals surface area contributed by atoms with Crippen LogP contribution in [0, 0.1) is 20.2 Å². The zero-order valence-corrected chi connectivity index (χ0v) is 13.1. The highest BCUT2D eigenvalue weighted by molar-refractivity contribution is 9.10. The maximum absolute atomic E-state index is 12.0. The Morgan fingerprint density at radius 2 is 1.78 bits per heavy atom. The summed E-state index contributed by atoms with van der Waals surface area (Å²) >= 11 is 3.28. The van der Waals surface area contributed by atoms with Gasteiger partial charge in [0.1, 0.15) is 0 Å². The first-order valence-corrected chi connectivity index (χ1v) is 7.14. The fourth-order valence-electron chi connectivity index (χ4n) is 1.92. The maximum atomic E-state index is 12.0. The van der Waals surface area contributed by atoms with Crippen molar-refractivity contribution in [2.75, 3.05) is 5.32 Å². The predicted molar refractivity (Wildman–Crippen MR) is 86.2 cm³/mol. The summed E-state index contributed by atoms with van der Waals surface area (Å²) in [6.45, 7) is 0. The van der Waals surface area contributed by atoms with Crippen LogP contribution in [0.1, 0.15) is 5.56 Å². The zero-order chi connectivity index (χ0) is 17.0. The summed E-state index contributed by atoms with van der Waals surface area (Å²) in [7, 11) is 0. The van der Waals surface area contributed by atoms with Crippen LogP contribution >= 0.6 is 15.9 Å². The lowest BCUT2D eigenvalue weighted by atomic mass is 10.1. The molecule has 0 aromatic heterocycles. The van der Waals surface area contributed by atoms with Crippen molar-refractivity contribution in [3.05, 3.63) is 72.7 Å². The van der Waals surface area contributed by atoms with Crippen molar-refractivity contribution in [3.8, 4) is 0 Å². The third kappa shape index (κ3) is 4.10. The van der Waals surface area contributed by atoms with Crippen LogP contribution in [0.15, 0.2) is 46.9 Å². The Kier molecular flexibility index (Phi) is 5.02. The molecule has 1 amide bonds. The van der Waals surface area contributed by atoms with Crippen LogP contribution in [-0.2, 0) is 11.2 Å². The standard InChI is InChI=1S/C14H10BrN3O5/c15-11-3-1-2-4-12(11)16-14(19)7-9-5-6-10(17(20)21)8-13(9)18(22)23/h1-6,8H,7H2,(H,16,19). The number of para-hydroxylation sites is 1. The van der Waals surface area contributed by atoms with Crippen LogP contribution in [0.2, 0.25) is 0 Å². The number of amides is 1. The lowest BCUT2D eigenvalue weighted by Gasteiger charge is -2.07. The van der Waals surface area contributed by atoms with E-state index in [4.69, 9.17) is 0 Å². The van der Waals surface area contributed by atoms with E-state index in [1.165, 1.54) is 6.07 Å². The molecule has 0 spiro atoms. The van der Waals surface area contributed by atoms with Gasteiger partial charge in [0.25, 0.3) is 11.4 Å². The second kappa shape index (κ2) is 6.97. The topological polar surface area (TPSA) is 115 Å². The van der Waals surface area contributed by atoms with Crippen molar-refractivity contribution < 1.29 is 14.6 Å². The van der Waals surface area contributed by atoms with Crippen molar-refractivity contribution in [3.63, 3.8) is 0 Å². The summed E-state index contributed by atoms with van der Waals surface area (Å²) in [4.78, 5) is 32.3. The lowest BCUT2D eigenvalue weighted by Crippen LogP contribution is -2.15. The number of hydrogen-bond acceptors (Lipinski definition) is 5. The van der Waals surface area contributed by atoms with E-state index in [0.717, 1.165) is 12.1 Å². The zero-order valence-electron chi connectivity index (χ0n) is 11.6. The average Bonchev–Trinajstić information content (AvgIpc) is 2.49. The van der Waals surface area contributed by atoms with E-state index in [1.807, 2.05) is 0 Å². The van der Waals surface area contributed by atoms with Crippen LogP contribution in [0.4, 0.5) is 17.1 Å². The van der Waals surface area contributed by atoms with Gasteiger partial charge in [-0.1, -0.05) is 12.1 Å². The molecular formula is C14H10BrN3O5. The number of rotatable bonds is 5. The van der Waals surface area contributed by atoms with Gasteiger partial charge in [0.15, 0.2) is 0 Å². The minimum Gasteiger partial charge on any atom is -0.325 e. The Labute approximate surface area is 138 Å². The van der Waals surface area contributed by atoms with Gasteiger partial charge in [0, 0.05) is 16.1 Å². The van der Waals surface area contributed by atoms with Gasteiger partial charge in [-0.3, -0.25) is 25.0 Å². The number of nitrogens with zero attached hydrogens (tertiary/aromatic N) is 2. The number of anilines is 1. The molecule has 0 radical (unpaired) electrons. The number of halogens is 1. The van der Waals surface area contributed by atoms with E-state index in [0.29, 0.717) is 10.2 Å². The van der Waals surface area contributed by atoms with E-state index in [2.05, 4.69) is 21.2 Å². The summed E-state index contributed by atoms with van der Waals surface area (Å²) in [5, 5.41) is 24.3. The fraction of sp³-hybridized carbons (Fsp3) is 0.0714. The molecule has 0 aliphatic carbocycles. The number of nitro benzene ring substituents is 2.